The van der Waals surface area contributed by atoms with Crippen molar-refractivity contribution in [1.29, 1.82) is 0 Å². The molecule has 0 radical (unpaired) electrons. The highest BCUT2D eigenvalue weighted by atomic mass is 16.6. The van der Waals surface area contributed by atoms with E-state index in [9.17, 15) is 24.3 Å². The molecule has 1 N–H and O–H groups in total. The van der Waals surface area contributed by atoms with Gasteiger partial charge < -0.3 is 24.0 Å². The summed E-state index contributed by atoms with van der Waals surface area (Å²) in [6.45, 7) is 3.95. The van der Waals surface area contributed by atoms with Crippen LogP contribution in [0.5, 0.6) is 5.75 Å². The van der Waals surface area contributed by atoms with Crippen LogP contribution in [0.2, 0.25) is 0 Å². The summed E-state index contributed by atoms with van der Waals surface area (Å²) in [4.78, 5) is 58.1. The predicted molar refractivity (Wildman–Crippen MR) is 142 cm³/mol. The van der Waals surface area contributed by atoms with Crippen molar-refractivity contribution < 1.29 is 29.0 Å². The molecule has 0 fully saturated rings. The molecule has 2 aliphatic heterocycles. The average Bonchev–Trinajstić information content (AvgIpc) is 3.27. The van der Waals surface area contributed by atoms with E-state index < -0.39 is 17.5 Å². The van der Waals surface area contributed by atoms with Crippen LogP contribution >= 0.6 is 0 Å². The quantitative estimate of drug-likeness (QED) is 0.340. The number of cyclic esters (lactones) is 1. The van der Waals surface area contributed by atoms with Gasteiger partial charge in [0.1, 0.15) is 18.1 Å². The van der Waals surface area contributed by atoms with Crippen molar-refractivity contribution in [3.05, 3.63) is 56.9 Å². The number of ketones is 1. The van der Waals surface area contributed by atoms with Crippen molar-refractivity contribution in [3.8, 4) is 17.1 Å². The number of carbonyl (C=O) groups is 3. The number of rotatable bonds is 8. The molecule has 2 aromatic heterocycles. The van der Waals surface area contributed by atoms with Gasteiger partial charge in [-0.2, -0.15) is 0 Å². The molecule has 1 aromatic carbocycles. The molecule has 1 atom stereocenters. The first kappa shape index (κ1) is 26.6. The number of esters is 2. The van der Waals surface area contributed by atoms with Crippen molar-refractivity contribution >= 4 is 28.6 Å². The number of hydrogen-bond donors (Lipinski definition) is 1. The number of Topliss-reactive ketones (excluding diaryl/α,β-unsaturated/α-hetero) is 1. The molecular formula is C29H31N3O7. The molecule has 0 saturated carbocycles. The minimum absolute atomic E-state index is 0.0135. The maximum Gasteiger partial charge on any atom is 0.355 e. The standard InChI is InChI=1S/C29H31N3O7/c1-5-17(33)7-10-25(35)39-29(6-2)21-12-23-26-16(13-32(23)27(36)20(21)15-38-28(29)37)11-18-19(14-31(3)4)24(34)9-8-22(18)30-26/h8-9,11-12,34H,5-7,10,13-15H2,1-4H3/t29-/m0/s1. The van der Waals surface area contributed by atoms with Gasteiger partial charge in [-0.15, -0.1) is 0 Å². The topological polar surface area (TPSA) is 128 Å². The second-order valence-corrected chi connectivity index (χ2v) is 10.3. The number of hydrogen-bond acceptors (Lipinski definition) is 9. The smallest absolute Gasteiger partial charge is 0.355 e. The Labute approximate surface area is 225 Å². The molecule has 2 aliphatic rings. The highest BCUT2D eigenvalue weighted by Gasteiger charge is 2.50. The number of aromatic nitrogens is 2. The maximum absolute atomic E-state index is 13.7. The monoisotopic (exact) mass is 533 g/mol. The van der Waals surface area contributed by atoms with Gasteiger partial charge in [-0.05, 0) is 44.8 Å². The first-order valence-corrected chi connectivity index (χ1v) is 13.1. The maximum atomic E-state index is 13.7. The minimum Gasteiger partial charge on any atom is -0.508 e. The van der Waals surface area contributed by atoms with E-state index in [2.05, 4.69) is 0 Å². The number of aromatic hydroxyl groups is 1. The van der Waals surface area contributed by atoms with Crippen LogP contribution in [0, 0.1) is 0 Å². The van der Waals surface area contributed by atoms with Crippen LogP contribution in [-0.4, -0.2) is 51.4 Å². The summed E-state index contributed by atoms with van der Waals surface area (Å²) in [6, 6.07) is 6.99. The number of phenolic OH excluding ortho intramolecular Hbond substituents is 1. The van der Waals surface area contributed by atoms with E-state index in [1.54, 1.807) is 36.6 Å². The highest BCUT2D eigenvalue weighted by molar-refractivity contribution is 5.90. The molecule has 0 spiro atoms. The summed E-state index contributed by atoms with van der Waals surface area (Å²) >= 11 is 0. The SMILES string of the molecule is CCC(=O)CCC(=O)O[C@]1(CC)C(=O)OCc2c1cc1n(c2=O)Cc2cc3c(CN(C)C)c(O)ccc3nc2-1. The van der Waals surface area contributed by atoms with Crippen molar-refractivity contribution in [2.24, 2.45) is 0 Å². The lowest BCUT2D eigenvalue weighted by atomic mass is 9.85. The lowest BCUT2D eigenvalue weighted by molar-refractivity contribution is -0.189. The molecule has 0 saturated heterocycles. The molecule has 0 unspecified atom stereocenters. The predicted octanol–water partition coefficient (Wildman–Crippen LogP) is 3.16. The zero-order valence-electron chi connectivity index (χ0n) is 22.5. The first-order chi connectivity index (χ1) is 18.6. The van der Waals surface area contributed by atoms with Crippen molar-refractivity contribution in [2.75, 3.05) is 14.1 Å². The Hall–Kier alpha value is -4.05. The van der Waals surface area contributed by atoms with Gasteiger partial charge in [0.15, 0.2) is 0 Å². The number of benzene rings is 1. The number of pyridine rings is 2. The normalized spacial score (nSPS) is 17.5. The van der Waals surface area contributed by atoms with E-state index in [1.807, 2.05) is 25.1 Å². The van der Waals surface area contributed by atoms with E-state index in [1.165, 1.54) is 0 Å². The Morgan fingerprint density at radius 3 is 2.64 bits per heavy atom. The number of ether oxygens (including phenoxy) is 2. The first-order valence-electron chi connectivity index (χ1n) is 13.1. The summed E-state index contributed by atoms with van der Waals surface area (Å²) in [6.07, 6.45) is 0.205. The zero-order valence-corrected chi connectivity index (χ0v) is 22.5. The second kappa shape index (κ2) is 9.92. The minimum atomic E-state index is -1.79. The average molecular weight is 534 g/mol. The number of carbonyl (C=O) groups excluding carboxylic acids is 3. The third-order valence-corrected chi connectivity index (χ3v) is 7.51. The Balaban J connectivity index is 1.63. The highest BCUT2D eigenvalue weighted by Crippen LogP contribution is 2.41. The fourth-order valence-corrected chi connectivity index (χ4v) is 5.40. The van der Waals surface area contributed by atoms with Crippen molar-refractivity contribution in [1.82, 2.24) is 14.5 Å². The van der Waals surface area contributed by atoms with Crippen LogP contribution < -0.4 is 5.56 Å². The van der Waals surface area contributed by atoms with Crippen LogP contribution in [0.15, 0.2) is 29.1 Å². The van der Waals surface area contributed by atoms with Gasteiger partial charge >= 0.3 is 11.9 Å². The third kappa shape index (κ3) is 4.38. The number of nitrogens with zero attached hydrogens (tertiary/aromatic N) is 3. The summed E-state index contributed by atoms with van der Waals surface area (Å²) in [5, 5.41) is 11.3. The van der Waals surface area contributed by atoms with Gasteiger partial charge in [-0.3, -0.25) is 14.4 Å². The molecule has 4 heterocycles. The zero-order chi connectivity index (χ0) is 28.1. The fraction of sp³-hybridized carbons (Fsp3) is 0.414. The molecule has 204 valence electrons. The molecule has 0 bridgehead atoms. The van der Waals surface area contributed by atoms with Crippen molar-refractivity contribution in [3.63, 3.8) is 0 Å². The van der Waals surface area contributed by atoms with Gasteiger partial charge in [-0.25, -0.2) is 9.78 Å². The van der Waals surface area contributed by atoms with Crippen LogP contribution in [0.3, 0.4) is 0 Å². The number of phenols is 1. The van der Waals surface area contributed by atoms with Gasteiger partial charge in [-0.1, -0.05) is 13.8 Å². The van der Waals surface area contributed by atoms with E-state index in [0.29, 0.717) is 35.4 Å². The van der Waals surface area contributed by atoms with Crippen LogP contribution in [0.4, 0.5) is 0 Å². The molecular weight excluding hydrogens is 502 g/mol. The molecule has 39 heavy (non-hydrogen) atoms. The van der Waals surface area contributed by atoms with Crippen molar-refractivity contribution in [2.45, 2.75) is 64.8 Å². The van der Waals surface area contributed by atoms with Gasteiger partial charge in [0.25, 0.3) is 5.56 Å². The molecule has 3 aromatic rings. The summed E-state index contributed by atoms with van der Waals surface area (Å²) in [7, 11) is 3.83. The molecule has 10 heteroatoms. The van der Waals surface area contributed by atoms with Crippen LogP contribution in [0.1, 0.15) is 61.8 Å². The fourth-order valence-electron chi connectivity index (χ4n) is 5.40. The Morgan fingerprint density at radius 1 is 1.18 bits per heavy atom. The van der Waals surface area contributed by atoms with E-state index in [0.717, 1.165) is 16.5 Å². The van der Waals surface area contributed by atoms with E-state index in [4.69, 9.17) is 14.5 Å². The molecule has 10 nitrogen and oxygen atoms in total. The van der Waals surface area contributed by atoms with Crippen LogP contribution in [0.25, 0.3) is 22.3 Å². The Morgan fingerprint density at radius 2 is 1.95 bits per heavy atom. The van der Waals surface area contributed by atoms with E-state index >= 15 is 0 Å². The summed E-state index contributed by atoms with van der Waals surface area (Å²) in [5.41, 5.74) is 1.72. The van der Waals surface area contributed by atoms with Gasteiger partial charge in [0.2, 0.25) is 5.60 Å². The molecule has 0 aliphatic carbocycles. The summed E-state index contributed by atoms with van der Waals surface area (Å²) < 4.78 is 12.7. The lowest BCUT2D eigenvalue weighted by Crippen LogP contribution is -2.47. The van der Waals surface area contributed by atoms with E-state index in [-0.39, 0.29) is 55.1 Å². The molecule has 5 rings (SSSR count). The lowest BCUT2D eigenvalue weighted by Gasteiger charge is -2.35. The third-order valence-electron chi connectivity index (χ3n) is 7.51. The molecule has 0 amide bonds. The largest absolute Gasteiger partial charge is 0.508 e. The Kier molecular flexibility index (Phi) is 6.76. The number of fused-ring (bicyclic) bond motifs is 5. The Bertz CT molecular complexity index is 1590. The van der Waals surface area contributed by atoms with Crippen LogP contribution in [-0.2, 0) is 49.2 Å². The second-order valence-electron chi connectivity index (χ2n) is 10.3. The summed E-state index contributed by atoms with van der Waals surface area (Å²) in [5.74, 6) is -1.36. The van der Waals surface area contributed by atoms with Gasteiger partial charge in [0, 0.05) is 41.5 Å². The van der Waals surface area contributed by atoms with Gasteiger partial charge in [0.05, 0.1) is 35.4 Å².